The largest absolute Gasteiger partial charge is 0.337 e. The van der Waals surface area contributed by atoms with Gasteiger partial charge in [0, 0.05) is 5.56 Å². The molecule has 0 aliphatic carbocycles. The van der Waals surface area contributed by atoms with Gasteiger partial charge in [-0.15, -0.1) is 0 Å². The molecule has 0 radical (unpaired) electrons. The van der Waals surface area contributed by atoms with E-state index in [9.17, 15) is 4.39 Å². The molecule has 0 saturated carbocycles. The molecule has 0 aliphatic rings. The van der Waals surface area contributed by atoms with E-state index < -0.39 is 0 Å². The fraction of sp³-hybridized carbons (Fsp3) is 0.333. The molecule has 4 nitrogen and oxygen atoms in total. The Bertz CT molecular complexity index is 544. The van der Waals surface area contributed by atoms with Crippen LogP contribution < -0.4 is 5.73 Å². The minimum atomic E-state index is -0.329. The highest BCUT2D eigenvalue weighted by Gasteiger charge is 2.15. The SMILES string of the molecule is CCC[C@H](N)c1nc(-c2ccc(F)c(Br)c2)no1. The quantitative estimate of drug-likeness (QED) is 0.939. The van der Waals surface area contributed by atoms with Crippen LogP contribution in [0.2, 0.25) is 0 Å². The second kappa shape index (κ2) is 5.58. The summed E-state index contributed by atoms with van der Waals surface area (Å²) < 4.78 is 18.6. The molecule has 18 heavy (non-hydrogen) atoms. The van der Waals surface area contributed by atoms with Crippen LogP contribution in [0.5, 0.6) is 0 Å². The summed E-state index contributed by atoms with van der Waals surface area (Å²) in [4.78, 5) is 4.22. The summed E-state index contributed by atoms with van der Waals surface area (Å²) in [6.07, 6.45) is 1.73. The number of rotatable bonds is 4. The van der Waals surface area contributed by atoms with E-state index in [2.05, 4.69) is 26.1 Å². The molecule has 1 heterocycles. The summed E-state index contributed by atoms with van der Waals surface area (Å²) in [5.41, 5.74) is 6.57. The van der Waals surface area contributed by atoms with E-state index in [-0.39, 0.29) is 11.9 Å². The molecule has 2 N–H and O–H groups in total. The molecular weight excluding hydrogens is 301 g/mol. The molecule has 0 bridgehead atoms. The van der Waals surface area contributed by atoms with Crippen molar-refractivity contribution in [2.45, 2.75) is 25.8 Å². The number of hydrogen-bond acceptors (Lipinski definition) is 4. The monoisotopic (exact) mass is 313 g/mol. The Kier molecular flexibility index (Phi) is 4.08. The van der Waals surface area contributed by atoms with E-state index in [0.717, 1.165) is 12.8 Å². The second-order valence-corrected chi connectivity index (χ2v) is 4.83. The summed E-state index contributed by atoms with van der Waals surface area (Å²) in [5, 5.41) is 3.85. The van der Waals surface area contributed by atoms with Crippen LogP contribution in [0.15, 0.2) is 27.2 Å². The number of benzene rings is 1. The van der Waals surface area contributed by atoms with Crippen molar-refractivity contribution in [3.05, 3.63) is 34.4 Å². The van der Waals surface area contributed by atoms with Crippen LogP contribution in [0.1, 0.15) is 31.7 Å². The maximum atomic E-state index is 13.1. The fourth-order valence-electron chi connectivity index (χ4n) is 1.57. The highest BCUT2D eigenvalue weighted by Crippen LogP contribution is 2.24. The maximum Gasteiger partial charge on any atom is 0.243 e. The van der Waals surface area contributed by atoms with Crippen LogP contribution in [0.4, 0.5) is 4.39 Å². The average Bonchev–Trinajstić information content (AvgIpc) is 2.82. The van der Waals surface area contributed by atoms with E-state index in [0.29, 0.717) is 21.8 Å². The first-order valence-corrected chi connectivity index (χ1v) is 6.45. The Hall–Kier alpha value is -1.27. The van der Waals surface area contributed by atoms with E-state index in [1.165, 1.54) is 6.07 Å². The highest BCUT2D eigenvalue weighted by atomic mass is 79.9. The lowest BCUT2D eigenvalue weighted by atomic mass is 10.2. The molecule has 0 unspecified atom stereocenters. The van der Waals surface area contributed by atoms with Gasteiger partial charge in [0.2, 0.25) is 11.7 Å². The zero-order chi connectivity index (χ0) is 13.1. The van der Waals surface area contributed by atoms with Gasteiger partial charge in [0.05, 0.1) is 10.5 Å². The molecule has 1 atom stereocenters. The van der Waals surface area contributed by atoms with Gasteiger partial charge >= 0.3 is 0 Å². The standard InChI is InChI=1S/C12H13BrFN3O/c1-2-3-10(15)12-16-11(17-18-12)7-4-5-9(14)8(13)6-7/h4-6,10H,2-3,15H2,1H3/t10-/m0/s1. The van der Waals surface area contributed by atoms with Gasteiger partial charge in [0.25, 0.3) is 0 Å². The Morgan fingerprint density at radius 3 is 2.94 bits per heavy atom. The third-order valence-electron chi connectivity index (χ3n) is 2.54. The van der Waals surface area contributed by atoms with Crippen molar-refractivity contribution in [3.8, 4) is 11.4 Å². The summed E-state index contributed by atoms with van der Waals surface area (Å²) in [6.45, 7) is 2.04. The first-order valence-electron chi connectivity index (χ1n) is 5.66. The second-order valence-electron chi connectivity index (χ2n) is 3.98. The highest BCUT2D eigenvalue weighted by molar-refractivity contribution is 9.10. The average molecular weight is 314 g/mol. The maximum absolute atomic E-state index is 13.1. The van der Waals surface area contributed by atoms with Crippen molar-refractivity contribution < 1.29 is 8.91 Å². The predicted molar refractivity (Wildman–Crippen MR) is 69.2 cm³/mol. The van der Waals surface area contributed by atoms with Crippen molar-refractivity contribution >= 4 is 15.9 Å². The molecule has 1 aromatic carbocycles. The van der Waals surface area contributed by atoms with Crippen LogP contribution >= 0.6 is 15.9 Å². The smallest absolute Gasteiger partial charge is 0.243 e. The molecule has 2 aromatic rings. The number of aromatic nitrogens is 2. The zero-order valence-corrected chi connectivity index (χ0v) is 11.4. The van der Waals surface area contributed by atoms with E-state index in [1.54, 1.807) is 12.1 Å². The minimum Gasteiger partial charge on any atom is -0.337 e. The van der Waals surface area contributed by atoms with Crippen molar-refractivity contribution in [1.29, 1.82) is 0 Å². The number of nitrogens with zero attached hydrogens (tertiary/aromatic N) is 2. The Balaban J connectivity index is 2.26. The van der Waals surface area contributed by atoms with Gasteiger partial charge in [-0.2, -0.15) is 4.98 Å². The van der Waals surface area contributed by atoms with Gasteiger partial charge in [0.15, 0.2) is 0 Å². The van der Waals surface area contributed by atoms with Gasteiger partial charge in [-0.1, -0.05) is 18.5 Å². The van der Waals surface area contributed by atoms with Crippen molar-refractivity contribution in [2.24, 2.45) is 5.73 Å². The van der Waals surface area contributed by atoms with E-state index >= 15 is 0 Å². The Morgan fingerprint density at radius 2 is 2.28 bits per heavy atom. The molecule has 2 rings (SSSR count). The van der Waals surface area contributed by atoms with Crippen molar-refractivity contribution in [1.82, 2.24) is 10.1 Å². The van der Waals surface area contributed by atoms with Crippen molar-refractivity contribution in [3.63, 3.8) is 0 Å². The van der Waals surface area contributed by atoms with Crippen LogP contribution in [-0.4, -0.2) is 10.1 Å². The Labute approximate surface area is 113 Å². The number of halogens is 2. The van der Waals surface area contributed by atoms with Crippen LogP contribution in [-0.2, 0) is 0 Å². The summed E-state index contributed by atoms with van der Waals surface area (Å²) in [6, 6.07) is 4.30. The van der Waals surface area contributed by atoms with Crippen LogP contribution in [0.25, 0.3) is 11.4 Å². The molecule has 0 spiro atoms. The van der Waals surface area contributed by atoms with Crippen LogP contribution in [0, 0.1) is 5.82 Å². The number of nitrogens with two attached hydrogens (primary N) is 1. The molecule has 0 saturated heterocycles. The molecule has 6 heteroatoms. The summed E-state index contributed by atoms with van der Waals surface area (Å²) in [5.74, 6) is 0.495. The van der Waals surface area contributed by atoms with Gasteiger partial charge in [-0.3, -0.25) is 0 Å². The molecule has 0 amide bonds. The van der Waals surface area contributed by atoms with Gasteiger partial charge in [0.1, 0.15) is 5.82 Å². The topological polar surface area (TPSA) is 64.9 Å². The lowest BCUT2D eigenvalue weighted by molar-refractivity contribution is 0.348. The van der Waals surface area contributed by atoms with E-state index in [4.69, 9.17) is 10.3 Å². The normalized spacial score (nSPS) is 12.7. The van der Waals surface area contributed by atoms with E-state index in [1.807, 2.05) is 6.92 Å². The van der Waals surface area contributed by atoms with Gasteiger partial charge in [-0.25, -0.2) is 4.39 Å². The first-order chi connectivity index (χ1) is 8.61. The lowest BCUT2D eigenvalue weighted by Gasteiger charge is -2.02. The molecular formula is C12H13BrFN3O. The van der Waals surface area contributed by atoms with Crippen molar-refractivity contribution in [2.75, 3.05) is 0 Å². The van der Waals surface area contributed by atoms with Crippen LogP contribution in [0.3, 0.4) is 0 Å². The zero-order valence-electron chi connectivity index (χ0n) is 9.86. The fourth-order valence-corrected chi connectivity index (χ4v) is 1.95. The molecule has 0 aliphatic heterocycles. The minimum absolute atomic E-state index is 0.250. The lowest BCUT2D eigenvalue weighted by Crippen LogP contribution is -2.09. The third kappa shape index (κ3) is 2.76. The third-order valence-corrected chi connectivity index (χ3v) is 3.14. The predicted octanol–water partition coefficient (Wildman–Crippen LogP) is 3.44. The molecule has 96 valence electrons. The molecule has 0 fully saturated rings. The van der Waals surface area contributed by atoms with Gasteiger partial charge < -0.3 is 10.3 Å². The molecule has 1 aromatic heterocycles. The summed E-state index contributed by atoms with van der Waals surface area (Å²) >= 11 is 3.12. The first kappa shape index (κ1) is 13.2. The number of hydrogen-bond donors (Lipinski definition) is 1. The Morgan fingerprint density at radius 1 is 1.50 bits per heavy atom. The van der Waals surface area contributed by atoms with Gasteiger partial charge in [-0.05, 0) is 40.5 Å². The summed E-state index contributed by atoms with van der Waals surface area (Å²) in [7, 11) is 0.